The Bertz CT molecular complexity index is 945. The van der Waals surface area contributed by atoms with Crippen molar-refractivity contribution in [2.45, 2.75) is 6.54 Å². The average Bonchev–Trinajstić information content (AvgIpc) is 2.67. The summed E-state index contributed by atoms with van der Waals surface area (Å²) in [5, 5.41) is 2.72. The summed E-state index contributed by atoms with van der Waals surface area (Å²) in [6.45, 7) is 0.282. The third-order valence-electron chi connectivity index (χ3n) is 3.81. The molecule has 0 radical (unpaired) electrons. The minimum absolute atomic E-state index is 0.132. The highest BCUT2D eigenvalue weighted by atomic mass is 19.1. The highest BCUT2D eigenvalue weighted by Gasteiger charge is 2.11. The lowest BCUT2D eigenvalue weighted by atomic mass is 10.2. The van der Waals surface area contributed by atoms with Crippen molar-refractivity contribution in [1.29, 1.82) is 0 Å². The summed E-state index contributed by atoms with van der Waals surface area (Å²) in [6, 6.07) is 17.0. The minimum atomic E-state index is -0.727. The normalized spacial score (nSPS) is 10.3. The molecule has 0 unspecified atom stereocenters. The third-order valence-corrected chi connectivity index (χ3v) is 3.81. The van der Waals surface area contributed by atoms with Gasteiger partial charge < -0.3 is 20.5 Å². The van der Waals surface area contributed by atoms with Gasteiger partial charge in [0.25, 0.3) is 5.91 Å². The molecule has 138 valence electrons. The number of nitrogen functional groups attached to an aromatic ring is 1. The second-order valence-electron chi connectivity index (χ2n) is 5.65. The maximum absolute atomic E-state index is 13.0. The summed E-state index contributed by atoms with van der Waals surface area (Å²) in [4.78, 5) is 15.6. The number of anilines is 1. The first-order valence-corrected chi connectivity index (χ1v) is 8.17. The first-order valence-electron chi connectivity index (χ1n) is 8.17. The Morgan fingerprint density at radius 2 is 1.78 bits per heavy atom. The number of carbonyl (C=O) groups excluding carboxylic acids is 1. The van der Waals surface area contributed by atoms with E-state index in [0.29, 0.717) is 17.2 Å². The van der Waals surface area contributed by atoms with Gasteiger partial charge in [-0.1, -0.05) is 24.3 Å². The first kappa shape index (κ1) is 18.2. The van der Waals surface area contributed by atoms with Crippen molar-refractivity contribution in [3.63, 3.8) is 0 Å². The third kappa shape index (κ3) is 4.52. The van der Waals surface area contributed by atoms with Crippen LogP contribution in [0.1, 0.15) is 15.9 Å². The van der Waals surface area contributed by atoms with E-state index in [2.05, 4.69) is 10.3 Å². The van der Waals surface area contributed by atoms with Crippen molar-refractivity contribution in [3.05, 3.63) is 77.7 Å². The molecule has 7 heteroatoms. The average molecular weight is 367 g/mol. The molecule has 1 aromatic heterocycles. The fraction of sp³-hybridized carbons (Fsp3) is 0.100. The van der Waals surface area contributed by atoms with Crippen LogP contribution in [-0.4, -0.2) is 18.0 Å². The molecule has 0 aliphatic rings. The van der Waals surface area contributed by atoms with E-state index in [9.17, 15) is 9.18 Å². The Hall–Kier alpha value is -3.61. The first-order chi connectivity index (χ1) is 13.1. The van der Waals surface area contributed by atoms with Crippen molar-refractivity contribution in [2.24, 2.45) is 0 Å². The van der Waals surface area contributed by atoms with Crippen LogP contribution in [0.3, 0.4) is 0 Å². The number of nitrogens with zero attached hydrogens (tertiary/aromatic N) is 1. The number of rotatable bonds is 6. The lowest BCUT2D eigenvalue weighted by Gasteiger charge is -2.11. The van der Waals surface area contributed by atoms with E-state index in [1.165, 1.54) is 6.07 Å². The molecule has 0 saturated heterocycles. The molecule has 3 rings (SSSR count). The second kappa shape index (κ2) is 8.18. The number of carbonyl (C=O) groups is 1. The Balaban J connectivity index is 1.61. The van der Waals surface area contributed by atoms with E-state index < -0.39 is 11.9 Å². The van der Waals surface area contributed by atoms with Crippen LogP contribution in [0.5, 0.6) is 17.2 Å². The summed E-state index contributed by atoms with van der Waals surface area (Å²) in [7, 11) is 1.58. The molecule has 27 heavy (non-hydrogen) atoms. The number of pyridine rings is 1. The van der Waals surface area contributed by atoms with Crippen LogP contribution in [0.25, 0.3) is 0 Å². The Morgan fingerprint density at radius 1 is 1.07 bits per heavy atom. The van der Waals surface area contributed by atoms with Crippen LogP contribution in [-0.2, 0) is 6.54 Å². The number of ether oxygens (including phenoxy) is 2. The second-order valence-corrected chi connectivity index (χ2v) is 5.65. The number of para-hydroxylation sites is 2. The van der Waals surface area contributed by atoms with Gasteiger partial charge in [-0.2, -0.15) is 4.39 Å². The Morgan fingerprint density at radius 3 is 2.44 bits per heavy atom. The molecule has 1 amide bonds. The molecule has 0 atom stereocenters. The molecule has 0 saturated carbocycles. The molecule has 1 heterocycles. The summed E-state index contributed by atoms with van der Waals surface area (Å²) in [5.74, 6) is 0.596. The highest BCUT2D eigenvalue weighted by molar-refractivity contribution is 5.98. The van der Waals surface area contributed by atoms with Crippen molar-refractivity contribution >= 4 is 11.7 Å². The van der Waals surface area contributed by atoms with Gasteiger partial charge in [-0.15, -0.1) is 0 Å². The van der Waals surface area contributed by atoms with Gasteiger partial charge in [0, 0.05) is 6.54 Å². The van der Waals surface area contributed by atoms with Crippen molar-refractivity contribution < 1.29 is 18.7 Å². The topological polar surface area (TPSA) is 86.5 Å². The SMILES string of the molecule is COc1ccccc1Oc1ccc(CNC(=O)c2ccc(F)nc2N)cc1. The molecule has 0 aliphatic heterocycles. The predicted molar refractivity (Wildman–Crippen MR) is 99.3 cm³/mol. The molecular formula is C20H18FN3O3. The van der Waals surface area contributed by atoms with Crippen LogP contribution in [0.4, 0.5) is 10.2 Å². The fourth-order valence-electron chi connectivity index (χ4n) is 2.43. The zero-order valence-electron chi connectivity index (χ0n) is 14.6. The quantitative estimate of drug-likeness (QED) is 0.651. The molecule has 6 nitrogen and oxygen atoms in total. The van der Waals surface area contributed by atoms with Crippen LogP contribution < -0.4 is 20.5 Å². The van der Waals surface area contributed by atoms with Gasteiger partial charge >= 0.3 is 0 Å². The van der Waals surface area contributed by atoms with E-state index in [0.717, 1.165) is 11.6 Å². The lowest BCUT2D eigenvalue weighted by Crippen LogP contribution is -2.24. The maximum Gasteiger partial charge on any atom is 0.255 e. The maximum atomic E-state index is 13.0. The van der Waals surface area contributed by atoms with E-state index in [-0.39, 0.29) is 17.9 Å². The summed E-state index contributed by atoms with van der Waals surface area (Å²) >= 11 is 0. The largest absolute Gasteiger partial charge is 0.493 e. The summed E-state index contributed by atoms with van der Waals surface area (Å²) < 4.78 is 24.0. The number of nitrogens with two attached hydrogens (primary N) is 1. The van der Waals surface area contributed by atoms with Crippen LogP contribution in [0.15, 0.2) is 60.7 Å². The number of hydrogen-bond acceptors (Lipinski definition) is 5. The number of aromatic nitrogens is 1. The zero-order valence-corrected chi connectivity index (χ0v) is 14.6. The molecule has 0 fully saturated rings. The Labute approximate surface area is 155 Å². The Kier molecular flexibility index (Phi) is 5.51. The zero-order chi connectivity index (χ0) is 19.2. The summed E-state index contributed by atoms with van der Waals surface area (Å²) in [5.41, 5.74) is 6.57. The molecule has 3 aromatic rings. The monoisotopic (exact) mass is 367 g/mol. The van der Waals surface area contributed by atoms with E-state index in [1.807, 2.05) is 36.4 Å². The van der Waals surface area contributed by atoms with Gasteiger partial charge in [0.15, 0.2) is 11.5 Å². The van der Waals surface area contributed by atoms with Crippen molar-refractivity contribution in [2.75, 3.05) is 12.8 Å². The van der Waals surface area contributed by atoms with E-state index in [1.54, 1.807) is 19.2 Å². The van der Waals surface area contributed by atoms with Gasteiger partial charge in [-0.05, 0) is 42.0 Å². The molecule has 3 N–H and O–H groups in total. The van der Waals surface area contributed by atoms with E-state index >= 15 is 0 Å². The van der Waals surface area contributed by atoms with Gasteiger partial charge in [0.1, 0.15) is 11.6 Å². The molecule has 0 aliphatic carbocycles. The number of halogens is 1. The minimum Gasteiger partial charge on any atom is -0.493 e. The standard InChI is InChI=1S/C20H18FN3O3/c1-26-16-4-2-3-5-17(16)27-14-8-6-13(7-9-14)12-23-20(25)15-10-11-18(21)24-19(15)22/h2-11H,12H2,1H3,(H2,22,24)(H,23,25). The van der Waals surface area contributed by atoms with Crippen LogP contribution >= 0.6 is 0 Å². The summed E-state index contributed by atoms with van der Waals surface area (Å²) in [6.07, 6.45) is 0. The molecule has 2 aromatic carbocycles. The van der Waals surface area contributed by atoms with Crippen molar-refractivity contribution in [1.82, 2.24) is 10.3 Å². The van der Waals surface area contributed by atoms with Crippen LogP contribution in [0, 0.1) is 5.95 Å². The molecule has 0 bridgehead atoms. The molecule has 0 spiro atoms. The van der Waals surface area contributed by atoms with Gasteiger partial charge in [-0.25, -0.2) is 4.98 Å². The van der Waals surface area contributed by atoms with Gasteiger partial charge in [0.05, 0.1) is 12.7 Å². The van der Waals surface area contributed by atoms with Gasteiger partial charge in [0.2, 0.25) is 5.95 Å². The fourth-order valence-corrected chi connectivity index (χ4v) is 2.43. The lowest BCUT2D eigenvalue weighted by molar-refractivity contribution is 0.0951. The number of amides is 1. The van der Waals surface area contributed by atoms with Gasteiger partial charge in [-0.3, -0.25) is 4.79 Å². The number of benzene rings is 2. The number of nitrogens with one attached hydrogen (secondary N) is 1. The smallest absolute Gasteiger partial charge is 0.255 e. The number of hydrogen-bond donors (Lipinski definition) is 2. The number of methoxy groups -OCH3 is 1. The van der Waals surface area contributed by atoms with E-state index in [4.69, 9.17) is 15.2 Å². The van der Waals surface area contributed by atoms with Crippen LogP contribution in [0.2, 0.25) is 0 Å². The molecular weight excluding hydrogens is 349 g/mol. The highest BCUT2D eigenvalue weighted by Crippen LogP contribution is 2.30. The predicted octanol–water partition coefficient (Wildman–Crippen LogP) is 3.53. The van der Waals surface area contributed by atoms with Crippen molar-refractivity contribution in [3.8, 4) is 17.2 Å².